The number of halogens is 3. The van der Waals surface area contributed by atoms with Crippen LogP contribution in [0.4, 0.5) is 19.1 Å². The smallest absolute Gasteiger partial charge is 0.416 e. The number of benzene rings is 1. The SMILES string of the molecule is CC(C)(C)n1ncc2c(=O)[nH]c(NCCOc3cccc(C(F)(F)F)c3)nc21. The maximum atomic E-state index is 12.7. The van der Waals surface area contributed by atoms with Crippen LogP contribution < -0.4 is 15.6 Å². The molecule has 0 bridgehead atoms. The molecule has 0 aliphatic rings. The Balaban J connectivity index is 1.67. The Hall–Kier alpha value is -3.04. The first kappa shape index (κ1) is 19.7. The minimum absolute atomic E-state index is 0.0849. The first-order valence-electron chi connectivity index (χ1n) is 8.58. The van der Waals surface area contributed by atoms with Gasteiger partial charge in [-0.1, -0.05) is 6.07 Å². The van der Waals surface area contributed by atoms with Crippen LogP contribution in [0.1, 0.15) is 26.3 Å². The predicted molar refractivity (Wildman–Crippen MR) is 98.6 cm³/mol. The molecular formula is C18H20F3N5O2. The van der Waals surface area contributed by atoms with Gasteiger partial charge in [-0.25, -0.2) is 4.68 Å². The lowest BCUT2D eigenvalue weighted by molar-refractivity contribution is -0.137. The van der Waals surface area contributed by atoms with Crippen molar-refractivity contribution in [2.45, 2.75) is 32.5 Å². The molecule has 0 saturated heterocycles. The fraction of sp³-hybridized carbons (Fsp3) is 0.389. The average molecular weight is 395 g/mol. The minimum Gasteiger partial charge on any atom is -0.492 e. The molecule has 0 aliphatic carbocycles. The second kappa shape index (κ2) is 7.17. The number of hydrogen-bond acceptors (Lipinski definition) is 5. The average Bonchev–Trinajstić information content (AvgIpc) is 3.03. The van der Waals surface area contributed by atoms with Crippen molar-refractivity contribution in [1.29, 1.82) is 0 Å². The molecule has 1 aromatic carbocycles. The van der Waals surface area contributed by atoms with Gasteiger partial charge in [0.25, 0.3) is 5.56 Å². The molecule has 0 aliphatic heterocycles. The number of rotatable bonds is 5. The predicted octanol–water partition coefficient (Wildman–Crippen LogP) is 3.38. The lowest BCUT2D eigenvalue weighted by Crippen LogP contribution is -2.24. The Bertz CT molecular complexity index is 1030. The van der Waals surface area contributed by atoms with Gasteiger partial charge in [-0.05, 0) is 39.0 Å². The van der Waals surface area contributed by atoms with E-state index in [2.05, 4.69) is 20.4 Å². The summed E-state index contributed by atoms with van der Waals surface area (Å²) >= 11 is 0. The van der Waals surface area contributed by atoms with Crippen molar-refractivity contribution in [2.24, 2.45) is 0 Å². The Morgan fingerprint density at radius 1 is 1.25 bits per heavy atom. The lowest BCUT2D eigenvalue weighted by atomic mass is 10.1. The van der Waals surface area contributed by atoms with E-state index < -0.39 is 11.7 Å². The fourth-order valence-electron chi connectivity index (χ4n) is 2.59. The van der Waals surface area contributed by atoms with Crippen LogP contribution in [0.5, 0.6) is 5.75 Å². The molecule has 0 saturated carbocycles. The maximum Gasteiger partial charge on any atom is 0.416 e. The summed E-state index contributed by atoms with van der Waals surface area (Å²) in [5.74, 6) is 0.343. The van der Waals surface area contributed by atoms with Gasteiger partial charge in [-0.3, -0.25) is 9.78 Å². The molecule has 10 heteroatoms. The summed E-state index contributed by atoms with van der Waals surface area (Å²) in [6, 6.07) is 4.65. The number of nitrogens with one attached hydrogen (secondary N) is 2. The molecule has 28 heavy (non-hydrogen) atoms. The third-order valence-corrected chi connectivity index (χ3v) is 3.90. The zero-order valence-corrected chi connectivity index (χ0v) is 15.6. The van der Waals surface area contributed by atoms with Gasteiger partial charge in [0.05, 0.1) is 23.8 Å². The van der Waals surface area contributed by atoms with Crippen molar-refractivity contribution in [2.75, 3.05) is 18.5 Å². The number of ether oxygens (including phenoxy) is 1. The van der Waals surface area contributed by atoms with Crippen LogP contribution >= 0.6 is 0 Å². The second-order valence-electron chi connectivity index (χ2n) is 7.18. The van der Waals surface area contributed by atoms with Crippen molar-refractivity contribution < 1.29 is 17.9 Å². The number of H-pyrrole nitrogens is 1. The molecule has 7 nitrogen and oxygen atoms in total. The molecule has 0 atom stereocenters. The molecule has 0 amide bonds. The van der Waals surface area contributed by atoms with Crippen molar-refractivity contribution in [3.05, 3.63) is 46.4 Å². The normalized spacial score (nSPS) is 12.4. The molecule has 0 spiro atoms. The van der Waals surface area contributed by atoms with Crippen molar-refractivity contribution in [1.82, 2.24) is 19.7 Å². The minimum atomic E-state index is -4.42. The third kappa shape index (κ3) is 4.26. The number of aromatic amines is 1. The monoisotopic (exact) mass is 395 g/mol. The topological polar surface area (TPSA) is 84.8 Å². The number of fused-ring (bicyclic) bond motifs is 1. The first-order chi connectivity index (χ1) is 13.1. The highest BCUT2D eigenvalue weighted by Crippen LogP contribution is 2.31. The van der Waals surface area contributed by atoms with E-state index in [-0.39, 0.29) is 35.9 Å². The van der Waals surface area contributed by atoms with Crippen LogP contribution in [-0.2, 0) is 11.7 Å². The molecule has 3 aromatic rings. The lowest BCUT2D eigenvalue weighted by Gasteiger charge is -2.19. The van der Waals surface area contributed by atoms with Crippen LogP contribution in [0.2, 0.25) is 0 Å². The van der Waals surface area contributed by atoms with Gasteiger partial charge in [0.2, 0.25) is 5.95 Å². The standard InChI is InChI=1S/C18H20F3N5O2/c1-17(2,3)26-14-13(10-23-26)15(27)25-16(24-14)22-7-8-28-12-6-4-5-11(9-12)18(19,20)21/h4-6,9-10H,7-8H2,1-3H3,(H2,22,24,25,27). The van der Waals surface area contributed by atoms with E-state index in [4.69, 9.17) is 4.74 Å². The van der Waals surface area contributed by atoms with Crippen molar-refractivity contribution >= 4 is 17.0 Å². The van der Waals surface area contributed by atoms with E-state index in [1.165, 1.54) is 18.3 Å². The van der Waals surface area contributed by atoms with Gasteiger partial charge in [0.1, 0.15) is 17.7 Å². The summed E-state index contributed by atoms with van der Waals surface area (Å²) in [5, 5.41) is 7.50. The summed E-state index contributed by atoms with van der Waals surface area (Å²) < 4.78 is 45.1. The van der Waals surface area contributed by atoms with E-state index >= 15 is 0 Å². The summed E-state index contributed by atoms with van der Waals surface area (Å²) in [4.78, 5) is 19.2. The largest absolute Gasteiger partial charge is 0.492 e. The van der Waals surface area contributed by atoms with Gasteiger partial charge >= 0.3 is 6.18 Å². The summed E-state index contributed by atoms with van der Waals surface area (Å²) in [6.07, 6.45) is -2.96. The zero-order valence-electron chi connectivity index (χ0n) is 15.6. The Labute approximate surface area is 158 Å². The van der Waals surface area contributed by atoms with Crippen LogP contribution in [-0.4, -0.2) is 32.9 Å². The van der Waals surface area contributed by atoms with Crippen LogP contribution in [0.25, 0.3) is 11.0 Å². The summed E-state index contributed by atoms with van der Waals surface area (Å²) in [6.45, 7) is 6.14. The number of anilines is 1. The second-order valence-corrected chi connectivity index (χ2v) is 7.18. The molecule has 3 rings (SSSR count). The quantitative estimate of drug-likeness (QED) is 0.647. The van der Waals surface area contributed by atoms with Gasteiger partial charge in [0.15, 0.2) is 5.65 Å². The molecule has 150 valence electrons. The summed E-state index contributed by atoms with van der Waals surface area (Å²) in [7, 11) is 0. The van der Waals surface area contributed by atoms with Crippen LogP contribution in [0, 0.1) is 0 Å². The third-order valence-electron chi connectivity index (χ3n) is 3.90. The highest BCUT2D eigenvalue weighted by molar-refractivity contribution is 5.74. The van der Waals surface area contributed by atoms with Gasteiger partial charge in [-0.2, -0.15) is 23.3 Å². The van der Waals surface area contributed by atoms with Gasteiger partial charge in [-0.15, -0.1) is 0 Å². The fourth-order valence-corrected chi connectivity index (χ4v) is 2.59. The van der Waals surface area contributed by atoms with E-state index in [0.717, 1.165) is 12.1 Å². The first-order valence-corrected chi connectivity index (χ1v) is 8.58. The molecular weight excluding hydrogens is 375 g/mol. The maximum absolute atomic E-state index is 12.7. The summed E-state index contributed by atoms with van der Waals surface area (Å²) in [5.41, 5.74) is -1.02. The van der Waals surface area contributed by atoms with E-state index in [1.807, 2.05) is 20.8 Å². The van der Waals surface area contributed by atoms with E-state index in [1.54, 1.807) is 4.68 Å². The Kier molecular flexibility index (Phi) is 5.05. The van der Waals surface area contributed by atoms with E-state index in [9.17, 15) is 18.0 Å². The highest BCUT2D eigenvalue weighted by Gasteiger charge is 2.30. The zero-order chi connectivity index (χ0) is 20.5. The van der Waals surface area contributed by atoms with E-state index in [0.29, 0.717) is 11.0 Å². The van der Waals surface area contributed by atoms with Crippen LogP contribution in [0.15, 0.2) is 35.3 Å². The van der Waals surface area contributed by atoms with Gasteiger partial charge in [0, 0.05) is 0 Å². The number of nitrogens with zero attached hydrogens (tertiary/aromatic N) is 3. The van der Waals surface area contributed by atoms with Crippen molar-refractivity contribution in [3.8, 4) is 5.75 Å². The Morgan fingerprint density at radius 3 is 2.68 bits per heavy atom. The van der Waals surface area contributed by atoms with Crippen LogP contribution in [0.3, 0.4) is 0 Å². The molecule has 0 radical (unpaired) electrons. The number of aromatic nitrogens is 4. The number of alkyl halides is 3. The Morgan fingerprint density at radius 2 is 2.00 bits per heavy atom. The molecule has 2 heterocycles. The highest BCUT2D eigenvalue weighted by atomic mass is 19.4. The molecule has 2 N–H and O–H groups in total. The van der Waals surface area contributed by atoms with Crippen molar-refractivity contribution in [3.63, 3.8) is 0 Å². The molecule has 2 aromatic heterocycles. The van der Waals surface area contributed by atoms with Gasteiger partial charge < -0.3 is 10.1 Å². The number of hydrogen-bond donors (Lipinski definition) is 2. The molecule has 0 unspecified atom stereocenters. The molecule has 0 fully saturated rings.